The zero-order valence-electron chi connectivity index (χ0n) is 15.2. The third kappa shape index (κ3) is 5.62. The number of thiophene rings is 1. The molecule has 1 aromatic heterocycles. The zero-order chi connectivity index (χ0) is 19.3. The van der Waals surface area contributed by atoms with Crippen molar-refractivity contribution in [3.8, 4) is 0 Å². The van der Waals surface area contributed by atoms with Crippen molar-refractivity contribution >= 4 is 27.3 Å². The Morgan fingerprint density at radius 2 is 2.00 bits per heavy atom. The summed E-state index contributed by atoms with van der Waals surface area (Å²) in [7, 11) is -3.63. The highest BCUT2D eigenvalue weighted by Crippen LogP contribution is 2.26. The number of amides is 1. The predicted molar refractivity (Wildman–Crippen MR) is 105 cm³/mol. The predicted octanol–water partition coefficient (Wildman–Crippen LogP) is 3.09. The maximum atomic E-state index is 12.4. The Morgan fingerprint density at radius 3 is 2.70 bits per heavy atom. The molecule has 0 aliphatic heterocycles. The Labute approximate surface area is 164 Å². The van der Waals surface area contributed by atoms with E-state index in [1.165, 1.54) is 6.07 Å². The van der Waals surface area contributed by atoms with Gasteiger partial charge in [0, 0.05) is 19.2 Å². The van der Waals surface area contributed by atoms with E-state index in [1.54, 1.807) is 5.38 Å². The summed E-state index contributed by atoms with van der Waals surface area (Å²) in [6.07, 6.45) is 2.35. The van der Waals surface area contributed by atoms with Crippen molar-refractivity contribution in [3.63, 3.8) is 0 Å². The van der Waals surface area contributed by atoms with E-state index in [4.69, 9.17) is 4.74 Å². The quantitative estimate of drug-likeness (QED) is 0.592. The van der Waals surface area contributed by atoms with Crippen LogP contribution in [0, 0.1) is 0 Å². The minimum Gasteiger partial charge on any atom is -0.374 e. The second-order valence-corrected chi connectivity index (χ2v) is 9.14. The number of rotatable bonds is 10. The van der Waals surface area contributed by atoms with E-state index in [0.717, 1.165) is 29.7 Å². The Morgan fingerprint density at radius 1 is 1.26 bits per heavy atom. The smallest absolute Gasteiger partial charge is 0.262 e. The molecule has 146 valence electrons. The monoisotopic (exact) mass is 408 g/mol. The fourth-order valence-electron chi connectivity index (χ4n) is 2.59. The summed E-state index contributed by atoms with van der Waals surface area (Å²) in [5.74, 6) is -0.364. The Hall–Kier alpha value is -1.74. The summed E-state index contributed by atoms with van der Waals surface area (Å²) in [4.78, 5) is 12.6. The topological polar surface area (TPSA) is 84.5 Å². The van der Waals surface area contributed by atoms with Gasteiger partial charge in [0.2, 0.25) is 10.0 Å². The van der Waals surface area contributed by atoms with Gasteiger partial charge in [0.1, 0.15) is 9.77 Å². The van der Waals surface area contributed by atoms with E-state index in [0.29, 0.717) is 19.6 Å². The van der Waals surface area contributed by atoms with Crippen molar-refractivity contribution in [1.29, 1.82) is 0 Å². The molecule has 1 saturated carbocycles. The molecule has 1 aliphatic carbocycles. The highest BCUT2D eigenvalue weighted by atomic mass is 32.2. The average molecular weight is 409 g/mol. The minimum absolute atomic E-state index is 0.00886. The molecule has 1 fully saturated rings. The number of hydrogen-bond donors (Lipinski definition) is 2. The molecule has 1 aliphatic rings. The first-order valence-electron chi connectivity index (χ1n) is 9.02. The van der Waals surface area contributed by atoms with Gasteiger partial charge in [-0.05, 0) is 43.2 Å². The number of ether oxygens (including phenoxy) is 1. The van der Waals surface area contributed by atoms with Crippen LogP contribution >= 0.6 is 11.3 Å². The maximum absolute atomic E-state index is 12.4. The first-order chi connectivity index (χ1) is 13.0. The first kappa shape index (κ1) is 20.0. The van der Waals surface area contributed by atoms with Gasteiger partial charge in [-0.15, -0.1) is 11.3 Å². The fourth-order valence-corrected chi connectivity index (χ4v) is 5.24. The van der Waals surface area contributed by atoms with Crippen molar-refractivity contribution in [2.45, 2.75) is 43.2 Å². The summed E-state index contributed by atoms with van der Waals surface area (Å²) < 4.78 is 33.1. The lowest BCUT2D eigenvalue weighted by atomic mass is 10.1. The van der Waals surface area contributed by atoms with E-state index in [-0.39, 0.29) is 27.8 Å². The third-order valence-electron chi connectivity index (χ3n) is 4.27. The lowest BCUT2D eigenvalue weighted by molar-refractivity contribution is 0.0635. The number of carbonyl (C=O) groups excluding carboxylic acids is 1. The van der Waals surface area contributed by atoms with E-state index in [9.17, 15) is 13.2 Å². The van der Waals surface area contributed by atoms with Crippen LogP contribution in [-0.2, 0) is 14.8 Å². The molecular weight excluding hydrogens is 384 g/mol. The van der Waals surface area contributed by atoms with Crippen molar-refractivity contribution in [2.75, 3.05) is 13.2 Å². The molecule has 3 rings (SSSR count). The van der Waals surface area contributed by atoms with Crippen LogP contribution in [0.4, 0.5) is 0 Å². The van der Waals surface area contributed by atoms with E-state index in [2.05, 4.69) is 10.0 Å². The lowest BCUT2D eigenvalue weighted by Gasteiger charge is -2.13. The van der Waals surface area contributed by atoms with Crippen LogP contribution in [0.2, 0.25) is 0 Å². The molecule has 2 N–H and O–H groups in total. The molecule has 1 aromatic carbocycles. The molecule has 1 unspecified atom stereocenters. The van der Waals surface area contributed by atoms with E-state index >= 15 is 0 Å². The van der Waals surface area contributed by atoms with E-state index < -0.39 is 10.0 Å². The molecule has 1 heterocycles. The molecule has 27 heavy (non-hydrogen) atoms. The van der Waals surface area contributed by atoms with Gasteiger partial charge >= 0.3 is 0 Å². The molecule has 1 amide bonds. The number of hydrogen-bond acceptors (Lipinski definition) is 5. The molecular formula is C19H24N2O4S2. The fraction of sp³-hybridized carbons (Fsp3) is 0.421. The summed E-state index contributed by atoms with van der Waals surface area (Å²) in [5.41, 5.74) is 1.11. The molecule has 1 atom stereocenters. The molecule has 0 radical (unpaired) electrons. The summed E-state index contributed by atoms with van der Waals surface area (Å²) in [6, 6.07) is 11.4. The van der Waals surface area contributed by atoms with Gasteiger partial charge < -0.3 is 10.1 Å². The Kier molecular flexibility index (Phi) is 6.64. The molecule has 0 bridgehead atoms. The summed E-state index contributed by atoms with van der Waals surface area (Å²) in [5, 5.41) is 4.41. The summed E-state index contributed by atoms with van der Waals surface area (Å²) >= 11 is 1.14. The van der Waals surface area contributed by atoms with Gasteiger partial charge in [-0.25, -0.2) is 13.1 Å². The Balaban J connectivity index is 1.44. The molecule has 0 saturated heterocycles. The van der Waals surface area contributed by atoms with Gasteiger partial charge in [-0.2, -0.15) is 0 Å². The summed E-state index contributed by atoms with van der Waals surface area (Å²) in [6.45, 7) is 2.92. The van der Waals surface area contributed by atoms with Gasteiger partial charge in [-0.1, -0.05) is 30.3 Å². The normalized spacial score (nSPS) is 15.4. The highest BCUT2D eigenvalue weighted by molar-refractivity contribution is 7.89. The van der Waals surface area contributed by atoms with Gasteiger partial charge in [0.25, 0.3) is 5.91 Å². The average Bonchev–Trinajstić information content (AvgIpc) is 3.31. The number of sulfonamides is 1. The second kappa shape index (κ2) is 8.97. The van der Waals surface area contributed by atoms with Crippen LogP contribution in [0.25, 0.3) is 0 Å². The highest BCUT2D eigenvalue weighted by Gasteiger charge is 2.31. The maximum Gasteiger partial charge on any atom is 0.262 e. The third-order valence-corrected chi connectivity index (χ3v) is 6.87. The SMILES string of the molecule is CC(OCCCNC(=O)c1sccc1S(=O)(=O)NC1CC1)c1ccccc1. The number of nitrogens with one attached hydrogen (secondary N) is 2. The molecule has 0 spiro atoms. The standard InChI is InChI=1S/C19H24N2O4S2/c1-14(15-6-3-2-4-7-15)25-12-5-11-20-19(22)18-17(10-13-26-18)27(23,24)21-16-8-9-16/h2-4,6-7,10,13-14,16,21H,5,8-9,11-12H2,1H3,(H,20,22). The molecule has 6 nitrogen and oxygen atoms in total. The number of benzene rings is 1. The van der Waals surface area contributed by atoms with Crippen LogP contribution in [0.3, 0.4) is 0 Å². The second-order valence-electron chi connectivity index (χ2n) is 6.54. The zero-order valence-corrected chi connectivity index (χ0v) is 16.8. The molecule has 2 aromatic rings. The minimum atomic E-state index is -3.63. The van der Waals surface area contributed by atoms with Crippen LogP contribution in [0.15, 0.2) is 46.7 Å². The first-order valence-corrected chi connectivity index (χ1v) is 11.4. The molecule has 8 heteroatoms. The van der Waals surface area contributed by atoms with Crippen molar-refractivity contribution in [2.24, 2.45) is 0 Å². The Bertz CT molecular complexity index is 861. The van der Waals surface area contributed by atoms with Crippen molar-refractivity contribution < 1.29 is 17.9 Å². The van der Waals surface area contributed by atoms with Crippen LogP contribution < -0.4 is 10.0 Å². The van der Waals surface area contributed by atoms with Crippen LogP contribution in [0.5, 0.6) is 0 Å². The number of carbonyl (C=O) groups is 1. The van der Waals surface area contributed by atoms with Gasteiger partial charge in [0.05, 0.1) is 6.10 Å². The van der Waals surface area contributed by atoms with Crippen molar-refractivity contribution in [3.05, 3.63) is 52.2 Å². The largest absolute Gasteiger partial charge is 0.374 e. The lowest BCUT2D eigenvalue weighted by Crippen LogP contribution is -2.30. The van der Waals surface area contributed by atoms with Gasteiger partial charge in [0.15, 0.2) is 0 Å². The van der Waals surface area contributed by atoms with Crippen molar-refractivity contribution in [1.82, 2.24) is 10.0 Å². The van der Waals surface area contributed by atoms with E-state index in [1.807, 2.05) is 37.3 Å². The van der Waals surface area contributed by atoms with Crippen LogP contribution in [0.1, 0.15) is 47.5 Å². The van der Waals surface area contributed by atoms with Crippen LogP contribution in [-0.4, -0.2) is 33.5 Å². The van der Waals surface area contributed by atoms with Gasteiger partial charge in [-0.3, -0.25) is 4.79 Å².